The van der Waals surface area contributed by atoms with E-state index in [1.165, 1.54) is 218 Å². The second-order valence-corrected chi connectivity index (χ2v) is 20.2. The molecule has 0 radical (unpaired) electrons. The molecule has 0 amide bonds. The molecule has 0 aliphatic heterocycles. The SMILES string of the molecule is CCCCCCCCCCCCCCCCC(CCCCCCCCCCCCCCCC)(CO[SiH](CCCSC(=O)CCCCCCC)OCC)NC. The quantitative estimate of drug-likeness (QED) is 0.0491. The van der Waals surface area contributed by atoms with Crippen molar-refractivity contribution < 1.29 is 13.6 Å². The van der Waals surface area contributed by atoms with Crippen LogP contribution in [-0.2, 0) is 13.6 Å². The molecule has 1 unspecified atom stereocenters. The van der Waals surface area contributed by atoms with Gasteiger partial charge < -0.3 is 14.2 Å². The summed E-state index contributed by atoms with van der Waals surface area (Å²) in [5.41, 5.74) is 0.0547. The highest BCUT2D eigenvalue weighted by Crippen LogP contribution is 2.26. The smallest absolute Gasteiger partial charge is 0.321 e. The number of unbranched alkanes of at least 4 members (excludes halogenated alkanes) is 30. The van der Waals surface area contributed by atoms with Gasteiger partial charge in [-0.1, -0.05) is 238 Å². The lowest BCUT2D eigenvalue weighted by atomic mass is 9.87. The molecule has 4 nitrogen and oxygen atoms in total. The third-order valence-electron chi connectivity index (χ3n) is 11.8. The Morgan fingerprint density at radius 1 is 0.481 bits per heavy atom. The molecule has 0 saturated carbocycles. The van der Waals surface area contributed by atoms with Crippen LogP contribution < -0.4 is 5.32 Å². The van der Waals surface area contributed by atoms with Crippen LogP contribution in [0.2, 0.25) is 6.04 Å². The zero-order chi connectivity index (χ0) is 39.5. The molecule has 6 heteroatoms. The second-order valence-electron chi connectivity index (χ2n) is 16.9. The number of carbonyl (C=O) groups excluding carboxylic acids is 1. The first kappa shape index (κ1) is 54.1. The summed E-state index contributed by atoms with van der Waals surface area (Å²) in [6.45, 7) is 10.5. The minimum absolute atomic E-state index is 0.0547. The topological polar surface area (TPSA) is 47.6 Å². The number of hydrogen-bond donors (Lipinski definition) is 1. The van der Waals surface area contributed by atoms with Gasteiger partial charge in [-0.3, -0.25) is 4.79 Å². The number of hydrogen-bond acceptors (Lipinski definition) is 5. The van der Waals surface area contributed by atoms with Crippen LogP contribution in [0.3, 0.4) is 0 Å². The third-order valence-corrected chi connectivity index (χ3v) is 14.9. The largest absolute Gasteiger partial charge is 0.397 e. The maximum atomic E-state index is 12.4. The van der Waals surface area contributed by atoms with Gasteiger partial charge in [-0.2, -0.15) is 0 Å². The van der Waals surface area contributed by atoms with Crippen LogP contribution in [0.4, 0.5) is 0 Å². The Balaban J connectivity index is 4.62. The van der Waals surface area contributed by atoms with Crippen LogP contribution >= 0.6 is 11.8 Å². The van der Waals surface area contributed by atoms with Gasteiger partial charge >= 0.3 is 9.28 Å². The van der Waals surface area contributed by atoms with E-state index in [-0.39, 0.29) is 5.54 Å². The first-order valence-corrected chi connectivity index (χ1v) is 27.4. The molecule has 0 aromatic heterocycles. The molecule has 54 heavy (non-hydrogen) atoms. The van der Waals surface area contributed by atoms with Crippen LogP contribution in [0.5, 0.6) is 0 Å². The summed E-state index contributed by atoms with van der Waals surface area (Å²) in [5, 5.41) is 4.19. The normalized spacial score (nSPS) is 12.5. The summed E-state index contributed by atoms with van der Waals surface area (Å²) in [4.78, 5) is 12.4. The standard InChI is InChI=1S/C48H99NO3SSi/c1-6-10-13-16-18-20-22-24-26-28-30-32-35-38-42-48(49-5,43-39-36-33-31-29-27-25-23-21-19-17-14-11-7-2)46-52-54(51-9-4)45-40-44-53-47(50)41-37-34-15-12-8-3/h49,54H,6-46H2,1-5H3. The Kier molecular flexibility index (Phi) is 44.3. The van der Waals surface area contributed by atoms with E-state index in [0.717, 1.165) is 44.3 Å². The average Bonchev–Trinajstić information content (AvgIpc) is 3.18. The number of likely N-dealkylation sites (N-methyl/N-ethyl adjacent to an activating group) is 1. The maximum Gasteiger partial charge on any atom is 0.321 e. The molecule has 324 valence electrons. The van der Waals surface area contributed by atoms with Crippen molar-refractivity contribution in [3.05, 3.63) is 0 Å². The lowest BCUT2D eigenvalue weighted by Crippen LogP contribution is -2.49. The third kappa shape index (κ3) is 37.7. The molecular weight excluding hydrogens is 699 g/mol. The Morgan fingerprint density at radius 2 is 0.833 bits per heavy atom. The van der Waals surface area contributed by atoms with Crippen molar-refractivity contribution in [3.8, 4) is 0 Å². The summed E-state index contributed by atoms with van der Waals surface area (Å²) < 4.78 is 13.0. The zero-order valence-electron chi connectivity index (χ0n) is 37.7. The predicted octanol–water partition coefficient (Wildman–Crippen LogP) is 16.0. The summed E-state index contributed by atoms with van der Waals surface area (Å²) in [6.07, 6.45) is 49.6. The molecule has 0 heterocycles. The number of rotatable bonds is 46. The summed E-state index contributed by atoms with van der Waals surface area (Å²) in [6, 6.07) is 1.00. The second kappa shape index (κ2) is 44.2. The van der Waals surface area contributed by atoms with Gasteiger partial charge in [0, 0.05) is 24.3 Å². The summed E-state index contributed by atoms with van der Waals surface area (Å²) >= 11 is 1.54. The highest BCUT2D eigenvalue weighted by atomic mass is 32.2. The van der Waals surface area contributed by atoms with Gasteiger partial charge in [0.15, 0.2) is 5.12 Å². The fraction of sp³-hybridized carbons (Fsp3) is 0.979. The van der Waals surface area contributed by atoms with E-state index in [1.807, 2.05) is 0 Å². The van der Waals surface area contributed by atoms with Crippen LogP contribution in [0, 0.1) is 0 Å². The van der Waals surface area contributed by atoms with Crippen molar-refractivity contribution in [3.63, 3.8) is 0 Å². The van der Waals surface area contributed by atoms with Gasteiger partial charge in [0.05, 0.1) is 6.61 Å². The minimum Gasteiger partial charge on any atom is -0.397 e. The molecule has 1 N–H and O–H groups in total. The summed E-state index contributed by atoms with van der Waals surface area (Å²) in [7, 11) is 0.415. The predicted molar refractivity (Wildman–Crippen MR) is 247 cm³/mol. The molecule has 0 aliphatic rings. The van der Waals surface area contributed by atoms with Gasteiger partial charge in [-0.05, 0) is 45.7 Å². The molecule has 0 aliphatic carbocycles. The van der Waals surface area contributed by atoms with Crippen molar-refractivity contribution in [2.45, 2.75) is 277 Å². The molecular formula is C48H99NO3SSi. The maximum absolute atomic E-state index is 12.4. The molecule has 0 saturated heterocycles. The van der Waals surface area contributed by atoms with E-state index in [2.05, 4.69) is 40.1 Å². The van der Waals surface area contributed by atoms with Gasteiger partial charge in [0.2, 0.25) is 0 Å². The van der Waals surface area contributed by atoms with Gasteiger partial charge in [0.1, 0.15) is 0 Å². The first-order valence-electron chi connectivity index (χ1n) is 24.6. The highest BCUT2D eigenvalue weighted by molar-refractivity contribution is 8.13. The highest BCUT2D eigenvalue weighted by Gasteiger charge is 2.29. The van der Waals surface area contributed by atoms with Gasteiger partial charge in [0.25, 0.3) is 0 Å². The van der Waals surface area contributed by atoms with Crippen LogP contribution in [0.1, 0.15) is 265 Å². The minimum atomic E-state index is -1.76. The number of nitrogens with one attached hydrogen (secondary N) is 1. The molecule has 0 aromatic carbocycles. The van der Waals surface area contributed by atoms with Crippen molar-refractivity contribution in [1.29, 1.82) is 0 Å². The molecule has 0 fully saturated rings. The Hall–Kier alpha value is 0.117. The Labute approximate surface area is 346 Å². The molecule has 0 aromatic rings. The van der Waals surface area contributed by atoms with Crippen molar-refractivity contribution in [2.75, 3.05) is 26.0 Å². The number of thioether (sulfide) groups is 1. The molecule has 0 spiro atoms. The average molecular weight is 798 g/mol. The molecule has 0 bridgehead atoms. The van der Waals surface area contributed by atoms with E-state index in [4.69, 9.17) is 8.85 Å². The zero-order valence-corrected chi connectivity index (χ0v) is 39.7. The van der Waals surface area contributed by atoms with Crippen LogP contribution in [-0.4, -0.2) is 46.0 Å². The molecule has 1 atom stereocenters. The number of carbonyl (C=O) groups is 1. The fourth-order valence-electron chi connectivity index (χ4n) is 7.94. The van der Waals surface area contributed by atoms with E-state index < -0.39 is 9.28 Å². The first-order chi connectivity index (χ1) is 26.6. The van der Waals surface area contributed by atoms with Crippen LogP contribution in [0.25, 0.3) is 0 Å². The fourth-order valence-corrected chi connectivity index (χ4v) is 10.9. The van der Waals surface area contributed by atoms with E-state index in [1.54, 1.807) is 11.8 Å². The monoisotopic (exact) mass is 798 g/mol. The summed E-state index contributed by atoms with van der Waals surface area (Å²) in [5.74, 6) is 0.906. The lowest BCUT2D eigenvalue weighted by molar-refractivity contribution is -0.111. The van der Waals surface area contributed by atoms with Gasteiger partial charge in [-0.15, -0.1) is 0 Å². The molecule has 0 rings (SSSR count). The van der Waals surface area contributed by atoms with Crippen LogP contribution in [0.15, 0.2) is 0 Å². The van der Waals surface area contributed by atoms with Crippen molar-refractivity contribution in [1.82, 2.24) is 5.32 Å². The lowest BCUT2D eigenvalue weighted by Gasteiger charge is -2.35. The van der Waals surface area contributed by atoms with E-state index >= 15 is 0 Å². The Morgan fingerprint density at radius 3 is 1.19 bits per heavy atom. The van der Waals surface area contributed by atoms with Gasteiger partial charge in [-0.25, -0.2) is 0 Å². The van der Waals surface area contributed by atoms with E-state index in [9.17, 15) is 4.79 Å². The Bertz CT molecular complexity index is 709. The van der Waals surface area contributed by atoms with E-state index in [0.29, 0.717) is 5.12 Å². The van der Waals surface area contributed by atoms with Crippen molar-refractivity contribution >= 4 is 26.2 Å². The van der Waals surface area contributed by atoms with Crippen molar-refractivity contribution in [2.24, 2.45) is 0 Å².